The first-order chi connectivity index (χ1) is 12.3. The zero-order chi connectivity index (χ0) is 20.4. The Bertz CT molecular complexity index is 835. The van der Waals surface area contributed by atoms with Gasteiger partial charge in [-0.1, -0.05) is 56.1 Å². The van der Waals surface area contributed by atoms with Crippen LogP contribution in [0.2, 0.25) is 10.0 Å². The monoisotopic (exact) mass is 496 g/mol. The van der Waals surface area contributed by atoms with Gasteiger partial charge >= 0.3 is 6.18 Å². The van der Waals surface area contributed by atoms with Crippen LogP contribution in [0.15, 0.2) is 51.8 Å². The standard InChI is InChI=1S/C20H18BrCl2F3S/c1-19(2,3)27-18-7-5-12(8-17(18)21)4-6-16(20(24,25)26)13-9-14(22)11-15(23)10-13/h5-11H,4H2,1-3H3/b16-6+. The Labute approximate surface area is 180 Å². The zero-order valence-electron chi connectivity index (χ0n) is 14.9. The Hall–Kier alpha value is -0.620. The minimum absolute atomic E-state index is 0.0409. The van der Waals surface area contributed by atoms with E-state index in [4.69, 9.17) is 23.2 Å². The summed E-state index contributed by atoms with van der Waals surface area (Å²) in [6.07, 6.45) is -3.20. The molecule has 27 heavy (non-hydrogen) atoms. The molecule has 0 saturated carbocycles. The second-order valence-corrected chi connectivity index (χ2v) is 10.6. The number of thioether (sulfide) groups is 1. The second kappa shape index (κ2) is 8.81. The van der Waals surface area contributed by atoms with E-state index in [9.17, 15) is 13.2 Å². The second-order valence-electron chi connectivity index (χ2n) is 6.96. The number of allylic oxidation sites excluding steroid dienone is 2. The lowest BCUT2D eigenvalue weighted by Crippen LogP contribution is -2.11. The molecule has 2 aromatic carbocycles. The fourth-order valence-corrected chi connectivity index (χ4v) is 4.56. The average molecular weight is 498 g/mol. The molecule has 0 fully saturated rings. The van der Waals surface area contributed by atoms with E-state index in [2.05, 4.69) is 36.7 Å². The van der Waals surface area contributed by atoms with Gasteiger partial charge in [-0.25, -0.2) is 0 Å². The van der Waals surface area contributed by atoms with Crippen molar-refractivity contribution in [3.05, 3.63) is 68.1 Å². The van der Waals surface area contributed by atoms with E-state index in [0.29, 0.717) is 0 Å². The molecule has 0 aromatic heterocycles. The van der Waals surface area contributed by atoms with Crippen LogP contribution < -0.4 is 0 Å². The minimum atomic E-state index is -4.51. The zero-order valence-corrected chi connectivity index (χ0v) is 18.8. The highest BCUT2D eigenvalue weighted by Gasteiger charge is 2.34. The highest BCUT2D eigenvalue weighted by Crippen LogP contribution is 2.38. The van der Waals surface area contributed by atoms with E-state index in [1.54, 1.807) is 11.8 Å². The number of hydrogen-bond acceptors (Lipinski definition) is 1. The molecule has 0 amide bonds. The van der Waals surface area contributed by atoms with E-state index in [1.165, 1.54) is 24.3 Å². The van der Waals surface area contributed by atoms with Gasteiger partial charge in [-0.15, -0.1) is 11.8 Å². The quantitative estimate of drug-likeness (QED) is 0.380. The van der Waals surface area contributed by atoms with E-state index in [0.717, 1.165) is 14.9 Å². The summed E-state index contributed by atoms with van der Waals surface area (Å²) in [7, 11) is 0. The maximum Gasteiger partial charge on any atom is 0.416 e. The lowest BCUT2D eigenvalue weighted by atomic mass is 10.0. The van der Waals surface area contributed by atoms with Crippen LogP contribution in [0, 0.1) is 0 Å². The van der Waals surface area contributed by atoms with Crippen LogP contribution in [0.1, 0.15) is 31.9 Å². The molecule has 2 rings (SSSR count). The number of hydrogen-bond donors (Lipinski definition) is 0. The maximum atomic E-state index is 13.5. The molecule has 0 bridgehead atoms. The van der Waals surface area contributed by atoms with Crippen molar-refractivity contribution in [3.63, 3.8) is 0 Å². The van der Waals surface area contributed by atoms with Gasteiger partial charge in [-0.2, -0.15) is 13.2 Å². The van der Waals surface area contributed by atoms with Crippen LogP contribution in [0.5, 0.6) is 0 Å². The third kappa shape index (κ3) is 7.04. The predicted molar refractivity (Wildman–Crippen MR) is 114 cm³/mol. The Morgan fingerprint density at radius 3 is 2.11 bits per heavy atom. The molecule has 0 atom stereocenters. The predicted octanol–water partition coefficient (Wildman–Crippen LogP) is 8.83. The number of rotatable bonds is 4. The highest BCUT2D eigenvalue weighted by atomic mass is 79.9. The van der Waals surface area contributed by atoms with Gasteiger partial charge < -0.3 is 0 Å². The normalized spacial score (nSPS) is 13.1. The van der Waals surface area contributed by atoms with Gasteiger partial charge in [-0.05, 0) is 63.8 Å². The summed E-state index contributed by atoms with van der Waals surface area (Å²) in [6, 6.07) is 9.56. The third-order valence-electron chi connectivity index (χ3n) is 3.43. The maximum absolute atomic E-state index is 13.5. The van der Waals surface area contributed by atoms with Gasteiger partial charge in [0.15, 0.2) is 0 Å². The van der Waals surface area contributed by atoms with Crippen molar-refractivity contribution in [2.75, 3.05) is 0 Å². The molecule has 0 aliphatic heterocycles. The number of halogens is 6. The number of alkyl halides is 3. The van der Waals surface area contributed by atoms with Crippen molar-refractivity contribution in [2.24, 2.45) is 0 Å². The summed E-state index contributed by atoms with van der Waals surface area (Å²) in [5.41, 5.74) is -0.0230. The van der Waals surface area contributed by atoms with E-state index >= 15 is 0 Å². The topological polar surface area (TPSA) is 0 Å². The van der Waals surface area contributed by atoms with Crippen molar-refractivity contribution < 1.29 is 13.2 Å². The van der Waals surface area contributed by atoms with Crippen molar-refractivity contribution in [2.45, 2.75) is 43.0 Å². The van der Waals surface area contributed by atoms with Gasteiger partial charge in [0.2, 0.25) is 0 Å². The molecule has 146 valence electrons. The first-order valence-corrected chi connectivity index (χ1v) is 10.4. The summed E-state index contributed by atoms with van der Waals surface area (Å²) >= 11 is 16.9. The van der Waals surface area contributed by atoms with Crippen LogP contribution >= 0.6 is 50.9 Å². The molecule has 0 N–H and O–H groups in total. The fraction of sp³-hybridized carbons (Fsp3) is 0.300. The number of benzene rings is 2. The van der Waals surface area contributed by atoms with Crippen molar-refractivity contribution >= 4 is 56.5 Å². The summed E-state index contributed by atoms with van der Waals surface area (Å²) in [4.78, 5) is 1.05. The van der Waals surface area contributed by atoms with Crippen LogP contribution in [0.25, 0.3) is 5.57 Å². The van der Waals surface area contributed by atoms with Crippen molar-refractivity contribution in [1.82, 2.24) is 0 Å². The molecular weight excluding hydrogens is 480 g/mol. The first-order valence-electron chi connectivity index (χ1n) is 8.06. The lowest BCUT2D eigenvalue weighted by molar-refractivity contribution is -0.0690. The molecule has 0 aliphatic carbocycles. The van der Waals surface area contributed by atoms with Crippen molar-refractivity contribution in [3.8, 4) is 0 Å². The molecule has 0 unspecified atom stereocenters. The van der Waals surface area contributed by atoms with E-state index in [1.807, 2.05) is 18.2 Å². The van der Waals surface area contributed by atoms with Crippen LogP contribution in [-0.4, -0.2) is 10.9 Å². The fourth-order valence-electron chi connectivity index (χ4n) is 2.41. The third-order valence-corrected chi connectivity index (χ3v) is 5.98. The SMILES string of the molecule is CC(C)(C)Sc1ccc(C/C=C(\c2cc(Cl)cc(Cl)c2)C(F)(F)F)cc1Br. The van der Waals surface area contributed by atoms with Crippen LogP contribution in [0.3, 0.4) is 0 Å². The summed E-state index contributed by atoms with van der Waals surface area (Å²) in [6.45, 7) is 6.31. The molecule has 0 nitrogen and oxygen atoms in total. The summed E-state index contributed by atoms with van der Waals surface area (Å²) < 4.78 is 41.5. The van der Waals surface area contributed by atoms with E-state index < -0.39 is 11.7 Å². The summed E-state index contributed by atoms with van der Waals surface area (Å²) in [5, 5.41) is 0.331. The molecule has 2 aromatic rings. The molecule has 0 radical (unpaired) electrons. The Morgan fingerprint density at radius 1 is 1.04 bits per heavy atom. The van der Waals surface area contributed by atoms with Gasteiger partial charge in [-0.3, -0.25) is 0 Å². The Morgan fingerprint density at radius 2 is 1.63 bits per heavy atom. The van der Waals surface area contributed by atoms with Gasteiger partial charge in [0.1, 0.15) is 0 Å². The summed E-state index contributed by atoms with van der Waals surface area (Å²) in [5.74, 6) is 0. The van der Waals surface area contributed by atoms with Gasteiger partial charge in [0.05, 0.1) is 5.57 Å². The molecular formula is C20H18BrCl2F3S. The molecule has 0 spiro atoms. The molecule has 0 aliphatic rings. The average Bonchev–Trinajstić information content (AvgIpc) is 2.46. The van der Waals surface area contributed by atoms with E-state index in [-0.39, 0.29) is 26.8 Å². The molecule has 7 heteroatoms. The minimum Gasteiger partial charge on any atom is -0.166 e. The molecule has 0 heterocycles. The molecule has 0 saturated heterocycles. The first kappa shape index (κ1) is 22.7. The van der Waals surface area contributed by atoms with Gasteiger partial charge in [0, 0.05) is 24.2 Å². The van der Waals surface area contributed by atoms with Crippen LogP contribution in [0.4, 0.5) is 13.2 Å². The largest absolute Gasteiger partial charge is 0.416 e. The smallest absolute Gasteiger partial charge is 0.166 e. The highest BCUT2D eigenvalue weighted by molar-refractivity contribution is 9.10. The van der Waals surface area contributed by atoms with Gasteiger partial charge in [0.25, 0.3) is 0 Å². The van der Waals surface area contributed by atoms with Crippen LogP contribution in [-0.2, 0) is 6.42 Å². The Kier molecular flexibility index (Phi) is 7.40. The lowest BCUT2D eigenvalue weighted by Gasteiger charge is -2.19. The Balaban J connectivity index is 2.33. The van der Waals surface area contributed by atoms with Crippen molar-refractivity contribution in [1.29, 1.82) is 0 Å².